The van der Waals surface area contributed by atoms with E-state index in [1.807, 2.05) is 19.9 Å². The molecule has 0 spiro atoms. The molecular formula is C11H13ClO2. The summed E-state index contributed by atoms with van der Waals surface area (Å²) in [6.07, 6.45) is 0. The number of carbonyl (C=O) groups is 1. The maximum atomic E-state index is 11.5. The predicted octanol–water partition coefficient (Wildman–Crippen LogP) is 2.73. The van der Waals surface area contributed by atoms with E-state index < -0.39 is 0 Å². The molecule has 0 aromatic heterocycles. The van der Waals surface area contributed by atoms with Gasteiger partial charge in [0.15, 0.2) is 5.78 Å². The molecule has 0 aliphatic rings. The van der Waals surface area contributed by atoms with Crippen LogP contribution >= 0.6 is 11.6 Å². The minimum absolute atomic E-state index is 0.0146. The zero-order chi connectivity index (χ0) is 10.7. The summed E-state index contributed by atoms with van der Waals surface area (Å²) in [5.74, 6) is 0.510. The Morgan fingerprint density at radius 2 is 2.07 bits per heavy atom. The van der Waals surface area contributed by atoms with Crippen LogP contribution < -0.4 is 4.74 Å². The predicted molar refractivity (Wildman–Crippen MR) is 57.5 cm³/mol. The van der Waals surface area contributed by atoms with Crippen molar-refractivity contribution in [2.45, 2.75) is 13.8 Å². The first-order valence-corrected chi connectivity index (χ1v) is 4.88. The minimum atomic E-state index is -0.102. The van der Waals surface area contributed by atoms with Gasteiger partial charge in [0.05, 0.1) is 18.6 Å². The number of ketones is 1. The van der Waals surface area contributed by atoms with Crippen LogP contribution in [-0.2, 0) is 0 Å². The molecule has 76 valence electrons. The Hall–Kier alpha value is -1.02. The smallest absolute Gasteiger partial charge is 0.181 e. The third-order valence-corrected chi connectivity index (χ3v) is 2.29. The number of hydrogen-bond donors (Lipinski definition) is 0. The first kappa shape index (κ1) is 11.1. The molecule has 0 saturated carbocycles. The number of rotatable bonds is 3. The van der Waals surface area contributed by atoms with Gasteiger partial charge in [0.1, 0.15) is 5.75 Å². The summed E-state index contributed by atoms with van der Waals surface area (Å²) in [5.41, 5.74) is 2.57. The first-order valence-electron chi connectivity index (χ1n) is 4.34. The lowest BCUT2D eigenvalue weighted by molar-refractivity contribution is 0.101. The number of methoxy groups -OCH3 is 1. The van der Waals surface area contributed by atoms with Gasteiger partial charge >= 0.3 is 0 Å². The molecule has 2 nitrogen and oxygen atoms in total. The summed E-state index contributed by atoms with van der Waals surface area (Å²) in [5, 5.41) is 0. The van der Waals surface area contributed by atoms with Gasteiger partial charge in [0.2, 0.25) is 0 Å². The highest BCUT2D eigenvalue weighted by molar-refractivity contribution is 6.30. The van der Waals surface area contributed by atoms with E-state index in [4.69, 9.17) is 16.3 Å². The fourth-order valence-corrected chi connectivity index (χ4v) is 1.65. The molecule has 1 aromatic rings. The average molecular weight is 213 g/mol. The maximum Gasteiger partial charge on any atom is 0.181 e. The number of halogens is 1. The molecule has 0 fully saturated rings. The van der Waals surface area contributed by atoms with E-state index in [2.05, 4.69) is 0 Å². The van der Waals surface area contributed by atoms with Crippen LogP contribution in [0.15, 0.2) is 12.1 Å². The molecule has 0 atom stereocenters. The summed E-state index contributed by atoms with van der Waals surface area (Å²) in [7, 11) is 1.56. The molecule has 1 aromatic carbocycles. The molecule has 0 bridgehead atoms. The second kappa shape index (κ2) is 4.47. The summed E-state index contributed by atoms with van der Waals surface area (Å²) < 4.78 is 5.17. The van der Waals surface area contributed by atoms with Gasteiger partial charge in [-0.25, -0.2) is 0 Å². The molecule has 0 saturated heterocycles. The molecule has 0 aliphatic carbocycles. The molecule has 0 radical (unpaired) electrons. The second-order valence-corrected chi connectivity index (χ2v) is 3.49. The Kier molecular flexibility index (Phi) is 3.53. The number of hydrogen-bond acceptors (Lipinski definition) is 2. The van der Waals surface area contributed by atoms with E-state index in [0.29, 0.717) is 11.3 Å². The normalized spacial score (nSPS) is 10.0. The minimum Gasteiger partial charge on any atom is -0.496 e. The summed E-state index contributed by atoms with van der Waals surface area (Å²) in [6.45, 7) is 3.86. The molecule has 1 rings (SSSR count). The van der Waals surface area contributed by atoms with Gasteiger partial charge in [-0.15, -0.1) is 11.6 Å². The maximum absolute atomic E-state index is 11.5. The largest absolute Gasteiger partial charge is 0.496 e. The van der Waals surface area contributed by atoms with Crippen molar-refractivity contribution in [1.82, 2.24) is 0 Å². The summed E-state index contributed by atoms with van der Waals surface area (Å²) >= 11 is 5.52. The molecule has 0 amide bonds. The van der Waals surface area contributed by atoms with Gasteiger partial charge in [0.25, 0.3) is 0 Å². The monoisotopic (exact) mass is 212 g/mol. The molecule has 0 unspecified atom stereocenters. The number of Topliss-reactive ketones (excluding diaryl/α,β-unsaturated/α-hetero) is 1. The van der Waals surface area contributed by atoms with Gasteiger partial charge in [-0.2, -0.15) is 0 Å². The lowest BCUT2D eigenvalue weighted by Crippen LogP contribution is -2.05. The zero-order valence-corrected chi connectivity index (χ0v) is 9.31. The third-order valence-electron chi connectivity index (χ3n) is 2.04. The van der Waals surface area contributed by atoms with Gasteiger partial charge in [0, 0.05) is 0 Å². The number of carbonyl (C=O) groups excluding carboxylic acids is 1. The van der Waals surface area contributed by atoms with Crippen molar-refractivity contribution < 1.29 is 9.53 Å². The van der Waals surface area contributed by atoms with Crippen LogP contribution in [0.3, 0.4) is 0 Å². The Morgan fingerprint density at radius 3 is 2.57 bits per heavy atom. The van der Waals surface area contributed by atoms with Gasteiger partial charge in [-0.3, -0.25) is 4.79 Å². The SMILES string of the molecule is COc1c(C)cc(C)cc1C(=O)CCl. The van der Waals surface area contributed by atoms with Crippen molar-refractivity contribution >= 4 is 17.4 Å². The van der Waals surface area contributed by atoms with Crippen LogP contribution in [0.5, 0.6) is 5.75 Å². The quantitative estimate of drug-likeness (QED) is 0.569. The standard InChI is InChI=1S/C11H13ClO2/c1-7-4-8(2)11(14-3)9(5-7)10(13)6-12/h4-5H,6H2,1-3H3. The van der Waals surface area contributed by atoms with Crippen LogP contribution in [0.25, 0.3) is 0 Å². The lowest BCUT2D eigenvalue weighted by Gasteiger charge is -2.10. The molecule has 0 aliphatic heterocycles. The first-order chi connectivity index (χ1) is 6.60. The van der Waals surface area contributed by atoms with Crippen molar-refractivity contribution in [3.63, 3.8) is 0 Å². The van der Waals surface area contributed by atoms with Crippen LogP contribution in [0.2, 0.25) is 0 Å². The average Bonchev–Trinajstić information content (AvgIpc) is 2.15. The summed E-state index contributed by atoms with van der Waals surface area (Å²) in [6, 6.07) is 3.78. The van der Waals surface area contributed by atoms with Crippen molar-refractivity contribution in [2.24, 2.45) is 0 Å². The van der Waals surface area contributed by atoms with Crippen LogP contribution in [0.4, 0.5) is 0 Å². The fraction of sp³-hybridized carbons (Fsp3) is 0.364. The topological polar surface area (TPSA) is 26.3 Å². The highest BCUT2D eigenvalue weighted by Crippen LogP contribution is 2.25. The molecule has 0 N–H and O–H groups in total. The van der Waals surface area contributed by atoms with E-state index in [9.17, 15) is 4.79 Å². The second-order valence-electron chi connectivity index (χ2n) is 3.22. The Morgan fingerprint density at radius 1 is 1.43 bits per heavy atom. The highest BCUT2D eigenvalue weighted by atomic mass is 35.5. The Labute approximate surface area is 88.8 Å². The van der Waals surface area contributed by atoms with E-state index >= 15 is 0 Å². The number of aryl methyl sites for hydroxylation is 2. The van der Waals surface area contributed by atoms with Crippen LogP contribution in [0, 0.1) is 13.8 Å². The highest BCUT2D eigenvalue weighted by Gasteiger charge is 2.13. The van der Waals surface area contributed by atoms with Crippen LogP contribution in [0.1, 0.15) is 21.5 Å². The van der Waals surface area contributed by atoms with Crippen LogP contribution in [-0.4, -0.2) is 18.8 Å². The van der Waals surface area contributed by atoms with E-state index in [0.717, 1.165) is 11.1 Å². The van der Waals surface area contributed by atoms with E-state index in [1.54, 1.807) is 13.2 Å². The Bertz CT molecular complexity index is 359. The number of benzene rings is 1. The lowest BCUT2D eigenvalue weighted by atomic mass is 10.0. The van der Waals surface area contributed by atoms with Crippen molar-refractivity contribution in [2.75, 3.05) is 13.0 Å². The molecule has 14 heavy (non-hydrogen) atoms. The van der Waals surface area contributed by atoms with Gasteiger partial charge < -0.3 is 4.74 Å². The van der Waals surface area contributed by atoms with Crippen molar-refractivity contribution in [1.29, 1.82) is 0 Å². The van der Waals surface area contributed by atoms with Crippen molar-refractivity contribution in [3.8, 4) is 5.75 Å². The zero-order valence-electron chi connectivity index (χ0n) is 8.56. The number of ether oxygens (including phenoxy) is 1. The Balaban J connectivity index is 3.32. The van der Waals surface area contributed by atoms with Gasteiger partial charge in [-0.1, -0.05) is 6.07 Å². The van der Waals surface area contributed by atoms with Crippen molar-refractivity contribution in [3.05, 3.63) is 28.8 Å². The van der Waals surface area contributed by atoms with E-state index in [-0.39, 0.29) is 11.7 Å². The fourth-order valence-electron chi connectivity index (χ4n) is 1.50. The molecular weight excluding hydrogens is 200 g/mol. The number of alkyl halides is 1. The van der Waals surface area contributed by atoms with Gasteiger partial charge in [-0.05, 0) is 31.0 Å². The molecule has 3 heteroatoms. The van der Waals surface area contributed by atoms with E-state index in [1.165, 1.54) is 0 Å². The third kappa shape index (κ3) is 2.07. The summed E-state index contributed by atoms with van der Waals surface area (Å²) in [4.78, 5) is 11.5. The molecule has 0 heterocycles.